The van der Waals surface area contributed by atoms with E-state index in [1.165, 1.54) is 0 Å². The Kier molecular flexibility index (Phi) is 5.00. The minimum Gasteiger partial charge on any atom is -0.387 e. The van der Waals surface area contributed by atoms with E-state index in [2.05, 4.69) is 22.1 Å². The lowest BCUT2D eigenvalue weighted by Crippen LogP contribution is -2.33. The molecule has 0 spiro atoms. The maximum absolute atomic E-state index is 7.39. The highest BCUT2D eigenvalue weighted by molar-refractivity contribution is 5.79. The zero-order valence-corrected chi connectivity index (χ0v) is 11.6. The highest BCUT2D eigenvalue weighted by atomic mass is 15.3. The van der Waals surface area contributed by atoms with Gasteiger partial charge in [0.2, 0.25) is 5.95 Å². The van der Waals surface area contributed by atoms with Crippen molar-refractivity contribution >= 4 is 11.8 Å². The second kappa shape index (κ2) is 6.28. The zero-order chi connectivity index (χ0) is 13.7. The van der Waals surface area contributed by atoms with Crippen LogP contribution in [0.1, 0.15) is 32.2 Å². The van der Waals surface area contributed by atoms with Crippen LogP contribution in [0.3, 0.4) is 0 Å². The van der Waals surface area contributed by atoms with Gasteiger partial charge in [0.15, 0.2) is 0 Å². The number of aromatic nitrogens is 3. The third-order valence-corrected chi connectivity index (χ3v) is 2.92. The Labute approximate surface area is 108 Å². The van der Waals surface area contributed by atoms with Crippen molar-refractivity contribution in [2.75, 3.05) is 18.5 Å². The first-order valence-corrected chi connectivity index (χ1v) is 6.27. The molecule has 6 heteroatoms. The molecule has 18 heavy (non-hydrogen) atoms. The minimum absolute atomic E-state index is 0.0190. The molecule has 0 aliphatic heterocycles. The molecule has 0 aliphatic rings. The van der Waals surface area contributed by atoms with Gasteiger partial charge in [-0.15, -0.1) is 5.10 Å². The van der Waals surface area contributed by atoms with Crippen molar-refractivity contribution < 1.29 is 0 Å². The Balaban J connectivity index is 2.86. The van der Waals surface area contributed by atoms with Crippen LogP contribution in [0.25, 0.3) is 0 Å². The van der Waals surface area contributed by atoms with Crippen molar-refractivity contribution in [1.29, 1.82) is 5.41 Å². The molecule has 1 atom stereocenters. The summed E-state index contributed by atoms with van der Waals surface area (Å²) in [5.41, 5.74) is 7.41. The third kappa shape index (κ3) is 3.38. The second-order valence-corrected chi connectivity index (χ2v) is 4.45. The van der Waals surface area contributed by atoms with Crippen molar-refractivity contribution in [3.05, 3.63) is 11.4 Å². The monoisotopic (exact) mass is 250 g/mol. The summed E-state index contributed by atoms with van der Waals surface area (Å²) in [7, 11) is 1.89. The van der Waals surface area contributed by atoms with E-state index in [-0.39, 0.29) is 11.8 Å². The SMILES string of the molecule is CCc1nnc(N(C)CC(C)C(=N)N)nc1CC. The maximum atomic E-state index is 7.39. The highest BCUT2D eigenvalue weighted by Crippen LogP contribution is 2.11. The lowest BCUT2D eigenvalue weighted by Gasteiger charge is -2.21. The van der Waals surface area contributed by atoms with Gasteiger partial charge in [0, 0.05) is 19.5 Å². The smallest absolute Gasteiger partial charge is 0.245 e. The van der Waals surface area contributed by atoms with Crippen molar-refractivity contribution in [3.8, 4) is 0 Å². The molecule has 0 saturated carbocycles. The van der Waals surface area contributed by atoms with Crippen LogP contribution in [0.2, 0.25) is 0 Å². The Bertz CT molecular complexity index is 417. The van der Waals surface area contributed by atoms with Crippen molar-refractivity contribution in [1.82, 2.24) is 15.2 Å². The molecule has 0 amide bonds. The fourth-order valence-corrected chi connectivity index (χ4v) is 1.68. The molecule has 0 aliphatic carbocycles. The largest absolute Gasteiger partial charge is 0.387 e. The van der Waals surface area contributed by atoms with Crippen molar-refractivity contribution in [3.63, 3.8) is 0 Å². The average molecular weight is 250 g/mol. The van der Waals surface area contributed by atoms with Crippen LogP contribution in [-0.2, 0) is 12.8 Å². The molecule has 0 aromatic carbocycles. The van der Waals surface area contributed by atoms with Crippen LogP contribution in [0.15, 0.2) is 0 Å². The molecule has 1 rings (SSSR count). The molecule has 100 valence electrons. The van der Waals surface area contributed by atoms with E-state index in [1.807, 2.05) is 25.8 Å². The van der Waals surface area contributed by atoms with Gasteiger partial charge in [-0.25, -0.2) is 4.98 Å². The van der Waals surface area contributed by atoms with Crippen LogP contribution < -0.4 is 10.6 Å². The van der Waals surface area contributed by atoms with Crippen LogP contribution in [0.5, 0.6) is 0 Å². The first kappa shape index (κ1) is 14.3. The number of aryl methyl sites for hydroxylation is 2. The number of nitrogens with two attached hydrogens (primary N) is 1. The number of hydrogen-bond acceptors (Lipinski definition) is 5. The van der Waals surface area contributed by atoms with Crippen molar-refractivity contribution in [2.24, 2.45) is 11.7 Å². The quantitative estimate of drug-likeness (QED) is 0.580. The normalized spacial score (nSPS) is 12.2. The summed E-state index contributed by atoms with van der Waals surface area (Å²) >= 11 is 0. The molecule has 6 nitrogen and oxygen atoms in total. The zero-order valence-electron chi connectivity index (χ0n) is 11.6. The summed E-state index contributed by atoms with van der Waals surface area (Å²) in [6.07, 6.45) is 1.69. The predicted molar refractivity (Wildman–Crippen MR) is 72.9 cm³/mol. The van der Waals surface area contributed by atoms with E-state index < -0.39 is 0 Å². The van der Waals surface area contributed by atoms with Gasteiger partial charge in [0.25, 0.3) is 0 Å². The molecule has 1 unspecified atom stereocenters. The summed E-state index contributed by atoms with van der Waals surface area (Å²) in [5, 5.41) is 15.7. The molecular formula is C12H22N6. The number of hydrogen-bond donors (Lipinski definition) is 2. The van der Waals surface area contributed by atoms with Crippen molar-refractivity contribution in [2.45, 2.75) is 33.6 Å². The second-order valence-electron chi connectivity index (χ2n) is 4.45. The molecule has 0 fully saturated rings. The first-order valence-electron chi connectivity index (χ1n) is 6.27. The Morgan fingerprint density at radius 2 is 1.89 bits per heavy atom. The summed E-state index contributed by atoms with van der Waals surface area (Å²) < 4.78 is 0. The molecule has 0 radical (unpaired) electrons. The molecule has 3 N–H and O–H groups in total. The molecule has 1 aromatic rings. The van der Waals surface area contributed by atoms with Gasteiger partial charge >= 0.3 is 0 Å². The molecule has 0 bridgehead atoms. The van der Waals surface area contributed by atoms with Gasteiger partial charge in [-0.1, -0.05) is 20.8 Å². The fourth-order valence-electron chi connectivity index (χ4n) is 1.68. The van der Waals surface area contributed by atoms with Gasteiger partial charge in [0.05, 0.1) is 17.2 Å². The molecule has 0 saturated heterocycles. The Morgan fingerprint density at radius 3 is 2.39 bits per heavy atom. The standard InChI is InChI=1S/C12H22N6/c1-5-9-10(6-2)16-17-12(15-9)18(4)7-8(3)11(13)14/h8H,5-7H2,1-4H3,(H3,13,14). The summed E-state index contributed by atoms with van der Waals surface area (Å²) in [4.78, 5) is 6.40. The first-order chi connectivity index (χ1) is 8.49. The van der Waals surface area contributed by atoms with Crippen LogP contribution in [-0.4, -0.2) is 34.6 Å². The summed E-state index contributed by atoms with van der Waals surface area (Å²) in [6, 6.07) is 0. The lowest BCUT2D eigenvalue weighted by atomic mass is 10.1. The highest BCUT2D eigenvalue weighted by Gasteiger charge is 2.13. The van der Waals surface area contributed by atoms with E-state index in [0.29, 0.717) is 12.5 Å². The van der Waals surface area contributed by atoms with Gasteiger partial charge in [-0.05, 0) is 12.8 Å². The fraction of sp³-hybridized carbons (Fsp3) is 0.667. The molecule has 1 heterocycles. The number of nitrogens with zero attached hydrogens (tertiary/aromatic N) is 4. The third-order valence-electron chi connectivity index (χ3n) is 2.92. The van der Waals surface area contributed by atoms with Crippen LogP contribution in [0, 0.1) is 11.3 Å². The van der Waals surface area contributed by atoms with E-state index in [4.69, 9.17) is 11.1 Å². The minimum atomic E-state index is -0.0190. The summed E-state index contributed by atoms with van der Waals surface area (Å²) in [6.45, 7) is 6.64. The van der Waals surface area contributed by atoms with Gasteiger partial charge in [0.1, 0.15) is 0 Å². The van der Waals surface area contributed by atoms with Gasteiger partial charge < -0.3 is 10.6 Å². The van der Waals surface area contributed by atoms with E-state index in [9.17, 15) is 0 Å². The predicted octanol–water partition coefficient (Wildman–Crippen LogP) is 1.00. The molecule has 1 aromatic heterocycles. The number of nitrogens with one attached hydrogen (secondary N) is 1. The number of rotatable bonds is 6. The van der Waals surface area contributed by atoms with E-state index in [1.54, 1.807) is 0 Å². The number of anilines is 1. The Morgan fingerprint density at radius 1 is 1.28 bits per heavy atom. The summed E-state index contributed by atoms with van der Waals surface area (Å²) in [5.74, 6) is 0.752. The van der Waals surface area contributed by atoms with Crippen LogP contribution >= 0.6 is 0 Å². The van der Waals surface area contributed by atoms with Gasteiger partial charge in [-0.3, -0.25) is 5.41 Å². The number of amidine groups is 1. The lowest BCUT2D eigenvalue weighted by molar-refractivity contribution is 0.696. The Hall–Kier alpha value is -1.72. The van der Waals surface area contributed by atoms with E-state index >= 15 is 0 Å². The van der Waals surface area contributed by atoms with E-state index in [0.717, 1.165) is 24.2 Å². The van der Waals surface area contributed by atoms with Crippen LogP contribution in [0.4, 0.5) is 5.95 Å². The topological polar surface area (TPSA) is 91.8 Å². The van der Waals surface area contributed by atoms with Gasteiger partial charge in [-0.2, -0.15) is 5.10 Å². The average Bonchev–Trinajstić information content (AvgIpc) is 2.37. The molecular weight excluding hydrogens is 228 g/mol. The maximum Gasteiger partial charge on any atom is 0.245 e.